The molecule has 0 heteroatoms. The van der Waals surface area contributed by atoms with E-state index in [4.69, 9.17) is 0 Å². The molecule has 0 atom stereocenters. The maximum atomic E-state index is 2.29. The standard InChI is InChI=1S/C14H20/c1-2-4-6-8-10-12-14-13-11-9-7-5-3-1/h1-2,5-8,13-14H,3-4,9-12H2. The van der Waals surface area contributed by atoms with Crippen LogP contribution in [-0.4, -0.2) is 0 Å². The molecule has 1 rings (SSSR count). The Morgan fingerprint density at radius 1 is 0.357 bits per heavy atom. The highest BCUT2D eigenvalue weighted by Gasteiger charge is 1.80. The summed E-state index contributed by atoms with van der Waals surface area (Å²) in [5.41, 5.74) is 0. The summed E-state index contributed by atoms with van der Waals surface area (Å²) in [7, 11) is 0. The minimum Gasteiger partial charge on any atom is -0.0882 e. The summed E-state index contributed by atoms with van der Waals surface area (Å²) in [5, 5.41) is 0. The fraction of sp³-hybridized carbons (Fsp3) is 0.429. The molecule has 0 unspecified atom stereocenters. The molecule has 0 aromatic carbocycles. The smallest absolute Gasteiger partial charge is 0.0169 e. The van der Waals surface area contributed by atoms with Gasteiger partial charge in [-0.3, -0.25) is 0 Å². The summed E-state index contributed by atoms with van der Waals surface area (Å²) in [6.45, 7) is 0. The molecule has 0 spiro atoms. The van der Waals surface area contributed by atoms with E-state index in [9.17, 15) is 0 Å². The van der Waals surface area contributed by atoms with Crippen molar-refractivity contribution in [3.05, 3.63) is 48.6 Å². The van der Waals surface area contributed by atoms with Gasteiger partial charge in [0.05, 0.1) is 0 Å². The number of allylic oxidation sites excluding steroid dienone is 8. The number of rotatable bonds is 0. The summed E-state index contributed by atoms with van der Waals surface area (Å²) in [4.78, 5) is 0. The first-order valence-corrected chi connectivity index (χ1v) is 5.60. The van der Waals surface area contributed by atoms with Crippen molar-refractivity contribution in [2.45, 2.75) is 38.5 Å². The number of hydrogen-bond donors (Lipinski definition) is 0. The minimum absolute atomic E-state index is 1.08. The maximum absolute atomic E-state index is 2.29. The highest BCUT2D eigenvalue weighted by atomic mass is 13.9. The van der Waals surface area contributed by atoms with Crippen LogP contribution < -0.4 is 0 Å². The lowest BCUT2D eigenvalue weighted by molar-refractivity contribution is 0.997. The van der Waals surface area contributed by atoms with Gasteiger partial charge in [0.25, 0.3) is 0 Å². The lowest BCUT2D eigenvalue weighted by atomic mass is 10.2. The van der Waals surface area contributed by atoms with Gasteiger partial charge in [0.15, 0.2) is 0 Å². The second-order valence-electron chi connectivity index (χ2n) is 3.51. The molecule has 0 heterocycles. The molecule has 76 valence electrons. The second-order valence-corrected chi connectivity index (χ2v) is 3.51. The number of hydrogen-bond acceptors (Lipinski definition) is 0. The summed E-state index contributed by atoms with van der Waals surface area (Å²) in [5.74, 6) is 0. The van der Waals surface area contributed by atoms with E-state index in [-0.39, 0.29) is 0 Å². The molecule has 0 saturated heterocycles. The van der Waals surface area contributed by atoms with E-state index in [2.05, 4.69) is 48.6 Å². The lowest BCUT2D eigenvalue weighted by Gasteiger charge is -1.90. The van der Waals surface area contributed by atoms with Crippen LogP contribution in [0.4, 0.5) is 0 Å². The van der Waals surface area contributed by atoms with Crippen molar-refractivity contribution in [3.63, 3.8) is 0 Å². The normalized spacial score (nSPS) is 19.4. The van der Waals surface area contributed by atoms with Crippen molar-refractivity contribution in [1.29, 1.82) is 0 Å². The second kappa shape index (κ2) is 8.55. The quantitative estimate of drug-likeness (QED) is 0.489. The monoisotopic (exact) mass is 188 g/mol. The fourth-order valence-electron chi connectivity index (χ4n) is 1.40. The van der Waals surface area contributed by atoms with Crippen molar-refractivity contribution in [2.24, 2.45) is 0 Å². The predicted molar refractivity (Wildman–Crippen MR) is 64.3 cm³/mol. The molecule has 14 heavy (non-hydrogen) atoms. The van der Waals surface area contributed by atoms with Crippen LogP contribution in [-0.2, 0) is 0 Å². The average Bonchev–Trinajstić information content (AvgIpc) is 2.22. The Morgan fingerprint density at radius 3 is 1.07 bits per heavy atom. The van der Waals surface area contributed by atoms with Gasteiger partial charge in [0.2, 0.25) is 0 Å². The van der Waals surface area contributed by atoms with Crippen LogP contribution in [0.3, 0.4) is 0 Å². The van der Waals surface area contributed by atoms with Gasteiger partial charge in [-0.15, -0.1) is 0 Å². The molecular weight excluding hydrogens is 168 g/mol. The first-order chi connectivity index (χ1) is 7.00. The largest absolute Gasteiger partial charge is 0.0882 e. The van der Waals surface area contributed by atoms with Gasteiger partial charge in [0, 0.05) is 0 Å². The van der Waals surface area contributed by atoms with Crippen molar-refractivity contribution in [3.8, 4) is 0 Å². The van der Waals surface area contributed by atoms with Crippen molar-refractivity contribution >= 4 is 0 Å². The van der Waals surface area contributed by atoms with Gasteiger partial charge in [0.1, 0.15) is 0 Å². The van der Waals surface area contributed by atoms with E-state index in [1.165, 1.54) is 25.7 Å². The molecule has 0 aromatic heterocycles. The highest BCUT2D eigenvalue weighted by molar-refractivity contribution is 4.99. The molecule has 0 radical (unpaired) electrons. The van der Waals surface area contributed by atoms with E-state index < -0.39 is 0 Å². The molecule has 0 N–H and O–H groups in total. The molecule has 0 saturated carbocycles. The Labute approximate surface area is 87.7 Å². The van der Waals surface area contributed by atoms with E-state index in [1.54, 1.807) is 0 Å². The predicted octanol–water partition coefficient (Wildman–Crippen LogP) is 4.57. The van der Waals surface area contributed by atoms with E-state index in [1.807, 2.05) is 0 Å². The van der Waals surface area contributed by atoms with Crippen LogP contribution in [0.5, 0.6) is 0 Å². The van der Waals surface area contributed by atoms with E-state index >= 15 is 0 Å². The Kier molecular flexibility index (Phi) is 6.74. The molecule has 0 bridgehead atoms. The van der Waals surface area contributed by atoms with Crippen LogP contribution in [0, 0.1) is 0 Å². The zero-order valence-electron chi connectivity index (χ0n) is 8.86. The SMILES string of the molecule is C1=CCC=CCCC=CCCC=CC1. The van der Waals surface area contributed by atoms with Crippen molar-refractivity contribution in [2.75, 3.05) is 0 Å². The van der Waals surface area contributed by atoms with Gasteiger partial charge in [-0.05, 0) is 38.5 Å². The van der Waals surface area contributed by atoms with Crippen LogP contribution in [0.1, 0.15) is 38.5 Å². The Bertz CT molecular complexity index is 204. The highest BCUT2D eigenvalue weighted by Crippen LogP contribution is 2.01. The Morgan fingerprint density at radius 2 is 0.643 bits per heavy atom. The average molecular weight is 188 g/mol. The Hall–Kier alpha value is -1.04. The van der Waals surface area contributed by atoms with Gasteiger partial charge in [-0.1, -0.05) is 48.6 Å². The van der Waals surface area contributed by atoms with E-state index in [0.29, 0.717) is 0 Å². The zero-order valence-corrected chi connectivity index (χ0v) is 8.86. The minimum atomic E-state index is 1.08. The van der Waals surface area contributed by atoms with Crippen LogP contribution in [0.25, 0.3) is 0 Å². The molecular formula is C14H20. The van der Waals surface area contributed by atoms with Gasteiger partial charge in [-0.2, -0.15) is 0 Å². The Balaban J connectivity index is 2.34. The van der Waals surface area contributed by atoms with E-state index in [0.717, 1.165) is 12.8 Å². The molecule has 0 nitrogen and oxygen atoms in total. The fourth-order valence-corrected chi connectivity index (χ4v) is 1.40. The lowest BCUT2D eigenvalue weighted by Crippen LogP contribution is -1.70. The molecule has 0 fully saturated rings. The molecule has 1 aliphatic rings. The maximum Gasteiger partial charge on any atom is -0.0169 e. The van der Waals surface area contributed by atoms with Crippen molar-refractivity contribution < 1.29 is 0 Å². The first kappa shape index (κ1) is 11.0. The first-order valence-electron chi connectivity index (χ1n) is 5.60. The summed E-state index contributed by atoms with van der Waals surface area (Å²) >= 11 is 0. The van der Waals surface area contributed by atoms with Crippen LogP contribution in [0.15, 0.2) is 48.6 Å². The van der Waals surface area contributed by atoms with Crippen LogP contribution in [0.2, 0.25) is 0 Å². The van der Waals surface area contributed by atoms with Gasteiger partial charge < -0.3 is 0 Å². The molecule has 0 amide bonds. The van der Waals surface area contributed by atoms with Gasteiger partial charge in [-0.25, -0.2) is 0 Å². The van der Waals surface area contributed by atoms with Crippen molar-refractivity contribution in [1.82, 2.24) is 0 Å². The van der Waals surface area contributed by atoms with Crippen LogP contribution >= 0.6 is 0 Å². The third-order valence-electron chi connectivity index (χ3n) is 2.21. The molecule has 0 aliphatic heterocycles. The van der Waals surface area contributed by atoms with Gasteiger partial charge >= 0.3 is 0 Å². The third kappa shape index (κ3) is 6.47. The topological polar surface area (TPSA) is 0 Å². The zero-order chi connectivity index (χ0) is 9.90. The molecule has 0 aromatic rings. The molecule has 1 aliphatic carbocycles. The summed E-state index contributed by atoms with van der Waals surface area (Å²) < 4.78 is 0. The summed E-state index contributed by atoms with van der Waals surface area (Å²) in [6, 6.07) is 0. The third-order valence-corrected chi connectivity index (χ3v) is 2.21. The summed E-state index contributed by atoms with van der Waals surface area (Å²) in [6.07, 6.45) is 25.0.